The van der Waals surface area contributed by atoms with E-state index in [1.54, 1.807) is 11.3 Å². The zero-order valence-corrected chi connectivity index (χ0v) is 15.3. The summed E-state index contributed by atoms with van der Waals surface area (Å²) in [7, 11) is 1.91. The van der Waals surface area contributed by atoms with E-state index >= 15 is 0 Å². The van der Waals surface area contributed by atoms with Crippen LogP contribution >= 0.6 is 11.3 Å². The number of hydrogen-bond donors (Lipinski definition) is 1. The molecule has 1 saturated heterocycles. The maximum Gasteiger partial charge on any atom is 0.182 e. The average molecular weight is 354 g/mol. The van der Waals surface area contributed by atoms with Crippen molar-refractivity contribution in [1.82, 2.24) is 14.9 Å². The van der Waals surface area contributed by atoms with Crippen LogP contribution in [0.25, 0.3) is 10.9 Å². The van der Waals surface area contributed by atoms with Crippen molar-refractivity contribution in [3.05, 3.63) is 47.6 Å². The van der Waals surface area contributed by atoms with Gasteiger partial charge in [0.15, 0.2) is 5.13 Å². The molecule has 0 aliphatic carbocycles. The van der Waals surface area contributed by atoms with Gasteiger partial charge in [-0.3, -0.25) is 9.88 Å². The van der Waals surface area contributed by atoms with E-state index in [-0.39, 0.29) is 6.10 Å². The highest BCUT2D eigenvalue weighted by Gasteiger charge is 2.31. The summed E-state index contributed by atoms with van der Waals surface area (Å²) in [5, 5.41) is 5.15. The number of para-hydroxylation sites is 1. The van der Waals surface area contributed by atoms with Crippen molar-refractivity contribution in [3.8, 4) is 5.75 Å². The minimum Gasteiger partial charge on any atom is -0.488 e. The third-order valence-electron chi connectivity index (χ3n) is 4.69. The van der Waals surface area contributed by atoms with Crippen molar-refractivity contribution in [2.75, 3.05) is 18.9 Å². The number of pyridine rings is 1. The second-order valence-corrected chi connectivity index (χ2v) is 7.58. The molecule has 0 amide bonds. The first kappa shape index (κ1) is 16.3. The molecule has 2 aromatic heterocycles. The van der Waals surface area contributed by atoms with E-state index in [0.717, 1.165) is 41.3 Å². The number of aromatic nitrogens is 2. The van der Waals surface area contributed by atoms with Crippen molar-refractivity contribution in [2.45, 2.75) is 32.0 Å². The summed E-state index contributed by atoms with van der Waals surface area (Å²) in [5.74, 6) is 0.930. The number of likely N-dealkylation sites (tertiary alicyclic amines) is 1. The first-order valence-electron chi connectivity index (χ1n) is 8.60. The molecule has 130 valence electrons. The van der Waals surface area contributed by atoms with Crippen molar-refractivity contribution in [3.63, 3.8) is 0 Å². The summed E-state index contributed by atoms with van der Waals surface area (Å²) < 4.78 is 6.35. The first-order chi connectivity index (χ1) is 12.2. The fraction of sp³-hybridized carbons (Fsp3) is 0.368. The number of nitrogens with zero attached hydrogens (tertiary/aromatic N) is 3. The average Bonchev–Trinajstić information content (AvgIpc) is 3.22. The van der Waals surface area contributed by atoms with Gasteiger partial charge in [0.05, 0.1) is 5.52 Å². The van der Waals surface area contributed by atoms with E-state index in [2.05, 4.69) is 33.2 Å². The van der Waals surface area contributed by atoms with E-state index in [4.69, 9.17) is 4.74 Å². The van der Waals surface area contributed by atoms with Gasteiger partial charge in [-0.2, -0.15) is 0 Å². The fourth-order valence-corrected chi connectivity index (χ4v) is 4.19. The van der Waals surface area contributed by atoms with Crippen molar-refractivity contribution in [1.29, 1.82) is 0 Å². The van der Waals surface area contributed by atoms with Crippen LogP contribution in [0.5, 0.6) is 5.75 Å². The predicted molar refractivity (Wildman–Crippen MR) is 102 cm³/mol. The molecule has 1 fully saturated rings. The number of thiazole rings is 1. The lowest BCUT2D eigenvalue weighted by Gasteiger charge is -2.19. The van der Waals surface area contributed by atoms with Crippen LogP contribution in [0.2, 0.25) is 0 Å². The minimum absolute atomic E-state index is 0.206. The molecule has 0 saturated carbocycles. The number of rotatable bonds is 5. The van der Waals surface area contributed by atoms with Gasteiger partial charge in [0.25, 0.3) is 0 Å². The van der Waals surface area contributed by atoms with Gasteiger partial charge in [-0.05, 0) is 25.1 Å². The van der Waals surface area contributed by atoms with Crippen LogP contribution in [-0.2, 0) is 6.54 Å². The molecule has 25 heavy (non-hydrogen) atoms. The number of benzene rings is 1. The molecule has 6 heteroatoms. The topological polar surface area (TPSA) is 50.3 Å². The van der Waals surface area contributed by atoms with Crippen LogP contribution in [-0.4, -0.2) is 40.6 Å². The molecule has 0 spiro atoms. The van der Waals surface area contributed by atoms with Gasteiger partial charge in [0.1, 0.15) is 11.9 Å². The standard InChI is InChI=1S/C19H22N4OS/c1-13-9-14(11-23(13)12-15-10-22-19(20-2)25-15)24-18-7-8-21-17-6-4-3-5-16(17)18/h3-8,10,13-14H,9,11-12H2,1-2H3,(H,20,22). The van der Waals surface area contributed by atoms with Gasteiger partial charge < -0.3 is 10.1 Å². The monoisotopic (exact) mass is 354 g/mol. The lowest BCUT2D eigenvalue weighted by atomic mass is 10.2. The summed E-state index contributed by atoms with van der Waals surface area (Å²) in [4.78, 5) is 12.5. The molecule has 1 aliphatic rings. The Hall–Kier alpha value is -2.18. The molecule has 5 nitrogen and oxygen atoms in total. The SMILES string of the molecule is CNc1ncc(CN2CC(Oc3ccnc4ccccc34)CC2C)s1. The Labute approximate surface area is 151 Å². The Kier molecular flexibility index (Phi) is 4.55. The van der Waals surface area contributed by atoms with Crippen LogP contribution in [0.1, 0.15) is 18.2 Å². The Morgan fingerprint density at radius 1 is 1.28 bits per heavy atom. The molecule has 4 rings (SSSR count). The zero-order valence-electron chi connectivity index (χ0n) is 14.5. The molecule has 1 aromatic carbocycles. The van der Waals surface area contributed by atoms with Crippen LogP contribution in [0, 0.1) is 0 Å². The third kappa shape index (κ3) is 3.45. The normalized spacial score (nSPS) is 20.9. The molecule has 0 bridgehead atoms. The quantitative estimate of drug-likeness (QED) is 0.756. The second kappa shape index (κ2) is 6.98. The summed E-state index contributed by atoms with van der Waals surface area (Å²) >= 11 is 1.72. The Morgan fingerprint density at radius 2 is 2.16 bits per heavy atom. The lowest BCUT2D eigenvalue weighted by molar-refractivity contribution is 0.197. The summed E-state index contributed by atoms with van der Waals surface area (Å²) in [5.41, 5.74) is 0.979. The van der Waals surface area contributed by atoms with Crippen molar-refractivity contribution >= 4 is 27.4 Å². The number of anilines is 1. The fourth-order valence-electron chi connectivity index (χ4n) is 3.40. The van der Waals surface area contributed by atoms with Crippen LogP contribution in [0.15, 0.2) is 42.7 Å². The second-order valence-electron chi connectivity index (χ2n) is 6.46. The van der Waals surface area contributed by atoms with Crippen molar-refractivity contribution in [2.24, 2.45) is 0 Å². The molecular formula is C19H22N4OS. The van der Waals surface area contributed by atoms with Crippen LogP contribution in [0.3, 0.4) is 0 Å². The van der Waals surface area contributed by atoms with Gasteiger partial charge in [-0.25, -0.2) is 4.98 Å². The van der Waals surface area contributed by atoms with E-state index in [1.165, 1.54) is 4.88 Å². The highest BCUT2D eigenvalue weighted by molar-refractivity contribution is 7.15. The van der Waals surface area contributed by atoms with E-state index in [0.29, 0.717) is 6.04 Å². The van der Waals surface area contributed by atoms with Gasteiger partial charge in [-0.15, -0.1) is 11.3 Å². The highest BCUT2D eigenvalue weighted by Crippen LogP contribution is 2.29. The molecule has 2 unspecified atom stereocenters. The molecule has 1 aliphatic heterocycles. The number of ether oxygens (including phenoxy) is 1. The maximum atomic E-state index is 6.35. The predicted octanol–water partition coefficient (Wildman–Crippen LogP) is 3.77. The Bertz CT molecular complexity index is 860. The molecule has 1 N–H and O–H groups in total. The minimum atomic E-state index is 0.206. The van der Waals surface area contributed by atoms with E-state index in [1.807, 2.05) is 43.7 Å². The molecular weight excluding hydrogens is 332 g/mol. The molecule has 0 radical (unpaired) electrons. The maximum absolute atomic E-state index is 6.35. The lowest BCUT2D eigenvalue weighted by Crippen LogP contribution is -2.27. The number of nitrogens with one attached hydrogen (secondary N) is 1. The summed E-state index contributed by atoms with van der Waals surface area (Å²) in [6.07, 6.45) is 5.03. The van der Waals surface area contributed by atoms with Gasteiger partial charge in [-0.1, -0.05) is 12.1 Å². The van der Waals surface area contributed by atoms with Gasteiger partial charge in [0.2, 0.25) is 0 Å². The van der Waals surface area contributed by atoms with Gasteiger partial charge in [0, 0.05) is 55.3 Å². The van der Waals surface area contributed by atoms with E-state index in [9.17, 15) is 0 Å². The van der Waals surface area contributed by atoms with Crippen LogP contribution < -0.4 is 10.1 Å². The highest BCUT2D eigenvalue weighted by atomic mass is 32.1. The largest absolute Gasteiger partial charge is 0.488 e. The number of fused-ring (bicyclic) bond motifs is 1. The van der Waals surface area contributed by atoms with Crippen molar-refractivity contribution < 1.29 is 4.74 Å². The summed E-state index contributed by atoms with van der Waals surface area (Å²) in [6.45, 7) is 4.14. The smallest absolute Gasteiger partial charge is 0.182 e. The zero-order chi connectivity index (χ0) is 17.2. The summed E-state index contributed by atoms with van der Waals surface area (Å²) in [6, 6.07) is 10.6. The third-order valence-corrected chi connectivity index (χ3v) is 5.69. The van der Waals surface area contributed by atoms with E-state index < -0.39 is 0 Å². The van der Waals surface area contributed by atoms with Gasteiger partial charge >= 0.3 is 0 Å². The Morgan fingerprint density at radius 3 is 3.00 bits per heavy atom. The Balaban J connectivity index is 1.45. The molecule has 3 aromatic rings. The molecule has 3 heterocycles. The van der Waals surface area contributed by atoms with Crippen LogP contribution in [0.4, 0.5) is 5.13 Å². The first-order valence-corrected chi connectivity index (χ1v) is 9.41. The number of hydrogen-bond acceptors (Lipinski definition) is 6. The molecule has 2 atom stereocenters.